The van der Waals surface area contributed by atoms with Gasteiger partial charge < -0.3 is 10.5 Å². The van der Waals surface area contributed by atoms with Crippen molar-refractivity contribution in [2.75, 3.05) is 12.4 Å². The first-order chi connectivity index (χ1) is 8.97. The molecule has 0 fully saturated rings. The van der Waals surface area contributed by atoms with E-state index in [-0.39, 0.29) is 36.6 Å². The molecule has 1 aromatic heterocycles. The first kappa shape index (κ1) is 18.3. The zero-order chi connectivity index (χ0) is 14.4. The van der Waals surface area contributed by atoms with Crippen LogP contribution in [0.2, 0.25) is 0 Å². The van der Waals surface area contributed by atoms with Gasteiger partial charge in [0.25, 0.3) is 0 Å². The van der Waals surface area contributed by atoms with Crippen molar-refractivity contribution in [2.24, 2.45) is 11.7 Å². The van der Waals surface area contributed by atoms with Crippen molar-refractivity contribution in [1.29, 1.82) is 0 Å². The van der Waals surface area contributed by atoms with Crippen LogP contribution in [-0.2, 0) is 20.7 Å². The number of nitrogens with one attached hydrogen (secondary N) is 2. The van der Waals surface area contributed by atoms with Gasteiger partial charge in [0.05, 0.1) is 13.2 Å². The topological polar surface area (TPSA) is 123 Å². The van der Waals surface area contributed by atoms with E-state index >= 15 is 0 Å². The molecule has 0 bridgehead atoms. The number of carbonyl (C=O) groups excluding carboxylic acids is 2. The lowest BCUT2D eigenvalue weighted by molar-refractivity contribution is -0.139. The van der Waals surface area contributed by atoms with Crippen molar-refractivity contribution in [2.45, 2.75) is 32.7 Å². The largest absolute Gasteiger partial charge is 0.469 e. The Hall–Kier alpha value is -1.67. The minimum atomic E-state index is -0.618. The molecule has 9 heteroatoms. The molecule has 0 aliphatic rings. The van der Waals surface area contributed by atoms with Crippen molar-refractivity contribution in [1.82, 2.24) is 15.2 Å². The van der Waals surface area contributed by atoms with Gasteiger partial charge in [-0.05, 0) is 5.92 Å². The molecule has 0 radical (unpaired) electrons. The highest BCUT2D eigenvalue weighted by Gasteiger charge is 2.20. The van der Waals surface area contributed by atoms with Crippen LogP contribution in [0.5, 0.6) is 0 Å². The molecule has 1 aromatic rings. The number of hydrogen-bond donors (Lipinski definition) is 3. The molecule has 0 spiro atoms. The van der Waals surface area contributed by atoms with Crippen molar-refractivity contribution >= 4 is 30.2 Å². The lowest BCUT2D eigenvalue weighted by Gasteiger charge is -2.16. The van der Waals surface area contributed by atoms with Crippen LogP contribution in [0.3, 0.4) is 0 Å². The Bertz CT molecular complexity index is 451. The predicted molar refractivity (Wildman–Crippen MR) is 75.4 cm³/mol. The van der Waals surface area contributed by atoms with Gasteiger partial charge in [0, 0.05) is 0 Å². The number of methoxy groups -OCH3 is 1. The fourth-order valence-corrected chi connectivity index (χ4v) is 1.35. The van der Waals surface area contributed by atoms with Gasteiger partial charge in [-0.25, -0.2) is 0 Å². The van der Waals surface area contributed by atoms with Crippen molar-refractivity contribution < 1.29 is 14.3 Å². The standard InChI is InChI=1S/C11H19N5O3.ClH/c1-4-6(2)9(12)10(18)14-11-13-7(15-16-11)5-8(17)19-3;/h6,9H,4-5,12H2,1-3H3,(H2,13,14,15,16,18);1H. The number of nitrogens with two attached hydrogens (primary N) is 1. The second-order valence-corrected chi connectivity index (χ2v) is 4.26. The smallest absolute Gasteiger partial charge is 0.313 e. The summed E-state index contributed by atoms with van der Waals surface area (Å²) in [6.07, 6.45) is 0.771. The Labute approximate surface area is 123 Å². The van der Waals surface area contributed by atoms with Crippen molar-refractivity contribution in [3.05, 3.63) is 5.82 Å². The molecule has 1 heterocycles. The van der Waals surface area contributed by atoms with Crippen LogP contribution in [0.25, 0.3) is 0 Å². The molecule has 8 nitrogen and oxygen atoms in total. The molecular formula is C11H20ClN5O3. The molecule has 1 rings (SSSR count). The minimum absolute atomic E-state index is 0. The number of rotatable bonds is 6. The van der Waals surface area contributed by atoms with E-state index in [9.17, 15) is 9.59 Å². The Morgan fingerprint density at radius 2 is 2.15 bits per heavy atom. The summed E-state index contributed by atoms with van der Waals surface area (Å²) in [5, 5.41) is 8.82. The molecule has 0 aliphatic heterocycles. The molecule has 0 saturated heterocycles. The van der Waals surface area contributed by atoms with Gasteiger partial charge in [-0.1, -0.05) is 20.3 Å². The maximum atomic E-state index is 11.8. The average molecular weight is 306 g/mol. The van der Waals surface area contributed by atoms with Crippen LogP contribution in [0.4, 0.5) is 5.95 Å². The summed E-state index contributed by atoms with van der Waals surface area (Å²) in [6.45, 7) is 3.85. The number of hydrogen-bond acceptors (Lipinski definition) is 6. The van der Waals surface area contributed by atoms with E-state index in [0.717, 1.165) is 6.42 Å². The summed E-state index contributed by atoms with van der Waals surface area (Å²) < 4.78 is 4.49. The van der Waals surface area contributed by atoms with E-state index in [4.69, 9.17) is 5.73 Å². The number of aromatic nitrogens is 3. The highest BCUT2D eigenvalue weighted by atomic mass is 35.5. The molecule has 2 atom stereocenters. The Morgan fingerprint density at radius 1 is 1.50 bits per heavy atom. The lowest BCUT2D eigenvalue weighted by atomic mass is 10.00. The molecule has 0 saturated carbocycles. The Morgan fingerprint density at radius 3 is 2.70 bits per heavy atom. The first-order valence-corrected chi connectivity index (χ1v) is 6.02. The number of ether oxygens (including phenoxy) is 1. The number of halogens is 1. The van der Waals surface area contributed by atoms with E-state index in [2.05, 4.69) is 25.2 Å². The third-order valence-electron chi connectivity index (χ3n) is 2.87. The minimum Gasteiger partial charge on any atom is -0.469 e. The van der Waals surface area contributed by atoms with Crippen LogP contribution < -0.4 is 11.1 Å². The maximum absolute atomic E-state index is 11.8. The monoisotopic (exact) mass is 305 g/mol. The zero-order valence-corrected chi connectivity index (χ0v) is 12.5. The molecular weight excluding hydrogens is 286 g/mol. The van der Waals surface area contributed by atoms with E-state index in [1.807, 2.05) is 13.8 Å². The fourth-order valence-electron chi connectivity index (χ4n) is 1.35. The molecule has 0 aliphatic carbocycles. The quantitative estimate of drug-likeness (QED) is 0.648. The van der Waals surface area contributed by atoms with Crippen LogP contribution >= 0.6 is 12.4 Å². The molecule has 0 aromatic carbocycles. The SMILES string of the molecule is CCC(C)C(N)C(=O)Nc1n[nH]c(CC(=O)OC)n1.Cl. The fraction of sp³-hybridized carbons (Fsp3) is 0.636. The second-order valence-electron chi connectivity index (χ2n) is 4.26. The molecule has 20 heavy (non-hydrogen) atoms. The summed E-state index contributed by atoms with van der Waals surface area (Å²) in [5.41, 5.74) is 5.78. The van der Waals surface area contributed by atoms with Crippen LogP contribution in [0, 0.1) is 5.92 Å². The summed E-state index contributed by atoms with van der Waals surface area (Å²) >= 11 is 0. The predicted octanol–water partition coefficient (Wildman–Crippen LogP) is 0.254. The van der Waals surface area contributed by atoms with Gasteiger partial charge in [0.1, 0.15) is 12.2 Å². The third kappa shape index (κ3) is 5.14. The number of esters is 1. The highest BCUT2D eigenvalue weighted by Crippen LogP contribution is 2.08. The van der Waals surface area contributed by atoms with Gasteiger partial charge >= 0.3 is 5.97 Å². The maximum Gasteiger partial charge on any atom is 0.313 e. The number of nitrogens with zero attached hydrogens (tertiary/aromatic N) is 2. The molecule has 4 N–H and O–H groups in total. The third-order valence-corrected chi connectivity index (χ3v) is 2.87. The number of H-pyrrole nitrogens is 1. The van der Waals surface area contributed by atoms with Crippen molar-refractivity contribution in [3.8, 4) is 0 Å². The summed E-state index contributed by atoms with van der Waals surface area (Å²) in [6, 6.07) is -0.618. The van der Waals surface area contributed by atoms with Gasteiger partial charge in [-0.15, -0.1) is 17.5 Å². The van der Waals surface area contributed by atoms with Crippen LogP contribution in [0.1, 0.15) is 26.1 Å². The van der Waals surface area contributed by atoms with E-state index in [1.165, 1.54) is 7.11 Å². The van der Waals surface area contributed by atoms with E-state index in [0.29, 0.717) is 5.82 Å². The second kappa shape index (κ2) is 8.49. The molecule has 2 unspecified atom stereocenters. The van der Waals surface area contributed by atoms with Gasteiger partial charge in [-0.2, -0.15) is 4.98 Å². The Kier molecular flexibility index (Phi) is 7.78. The molecule has 1 amide bonds. The first-order valence-electron chi connectivity index (χ1n) is 6.02. The Balaban J connectivity index is 0.00000361. The van der Waals surface area contributed by atoms with E-state index < -0.39 is 12.0 Å². The number of amides is 1. The van der Waals surface area contributed by atoms with Crippen molar-refractivity contribution in [3.63, 3.8) is 0 Å². The van der Waals surface area contributed by atoms with Gasteiger partial charge in [-0.3, -0.25) is 20.0 Å². The van der Waals surface area contributed by atoms with Gasteiger partial charge in [0.2, 0.25) is 11.9 Å². The lowest BCUT2D eigenvalue weighted by Crippen LogP contribution is -2.40. The summed E-state index contributed by atoms with van der Waals surface area (Å²) in [4.78, 5) is 26.8. The number of aromatic amines is 1. The summed E-state index contributed by atoms with van der Waals surface area (Å²) in [5.74, 6) is -0.307. The van der Waals surface area contributed by atoms with Crippen LogP contribution in [-0.4, -0.2) is 40.2 Å². The molecule has 114 valence electrons. The van der Waals surface area contributed by atoms with Crippen LogP contribution in [0.15, 0.2) is 0 Å². The van der Waals surface area contributed by atoms with E-state index in [1.54, 1.807) is 0 Å². The highest BCUT2D eigenvalue weighted by molar-refractivity contribution is 5.93. The number of anilines is 1. The number of carbonyl (C=O) groups is 2. The zero-order valence-electron chi connectivity index (χ0n) is 11.7. The average Bonchev–Trinajstić information content (AvgIpc) is 2.83. The normalized spacial score (nSPS) is 13.0. The van der Waals surface area contributed by atoms with Gasteiger partial charge in [0.15, 0.2) is 0 Å². The summed E-state index contributed by atoms with van der Waals surface area (Å²) in [7, 11) is 1.28.